The average molecular weight is 314 g/mol. The molecule has 1 N–H and O–H groups in total. The van der Waals surface area contributed by atoms with Crippen LogP contribution in [0.2, 0.25) is 0 Å². The van der Waals surface area contributed by atoms with Crippen molar-refractivity contribution in [3.05, 3.63) is 17.5 Å². The summed E-state index contributed by atoms with van der Waals surface area (Å²) in [4.78, 5) is 10.8. The van der Waals surface area contributed by atoms with Crippen LogP contribution in [0.1, 0.15) is 44.5 Å². The smallest absolute Gasteiger partial charge is 0.303 e. The van der Waals surface area contributed by atoms with Crippen LogP contribution in [0.3, 0.4) is 0 Å². The first-order chi connectivity index (χ1) is 9.79. The number of aryl methyl sites for hydroxylation is 2. The van der Waals surface area contributed by atoms with E-state index in [-0.39, 0.29) is 17.9 Å². The van der Waals surface area contributed by atoms with E-state index in [1.54, 1.807) is 4.68 Å². The molecule has 1 aliphatic carbocycles. The van der Waals surface area contributed by atoms with Crippen LogP contribution in [-0.4, -0.2) is 35.0 Å². The topological polar surface area (TPSA) is 89.3 Å². The van der Waals surface area contributed by atoms with Gasteiger partial charge in [0.1, 0.15) is 0 Å². The number of hydrogen-bond donors (Lipinski definition) is 1. The Hall–Kier alpha value is -1.37. The third-order valence-electron chi connectivity index (χ3n) is 3.95. The van der Waals surface area contributed by atoms with E-state index in [2.05, 4.69) is 5.10 Å². The highest BCUT2D eigenvalue weighted by Crippen LogP contribution is 2.50. The maximum Gasteiger partial charge on any atom is 0.303 e. The monoisotopic (exact) mass is 314 g/mol. The molecule has 0 saturated heterocycles. The normalized spacial score (nSPS) is 16.9. The molecule has 6 nitrogen and oxygen atoms in total. The average Bonchev–Trinajstić information content (AvgIpc) is 2.98. The molecule has 21 heavy (non-hydrogen) atoms. The van der Waals surface area contributed by atoms with Crippen LogP contribution in [-0.2, 0) is 33.4 Å². The number of carboxylic acids is 1. The zero-order chi connectivity index (χ0) is 15.7. The third-order valence-corrected chi connectivity index (χ3v) is 5.74. The lowest BCUT2D eigenvalue weighted by Gasteiger charge is -2.13. The van der Waals surface area contributed by atoms with Crippen LogP contribution in [0.5, 0.6) is 0 Å². The van der Waals surface area contributed by atoms with Crippen molar-refractivity contribution >= 4 is 15.8 Å². The first-order valence-electron chi connectivity index (χ1n) is 7.27. The van der Waals surface area contributed by atoms with E-state index >= 15 is 0 Å². The van der Waals surface area contributed by atoms with Gasteiger partial charge in [-0.2, -0.15) is 5.10 Å². The fraction of sp³-hybridized carbons (Fsp3) is 0.714. The Morgan fingerprint density at radius 3 is 2.57 bits per heavy atom. The predicted octanol–water partition coefficient (Wildman–Crippen LogP) is 1.64. The van der Waals surface area contributed by atoms with E-state index in [0.29, 0.717) is 25.1 Å². The molecule has 0 aliphatic heterocycles. The first-order valence-corrected chi connectivity index (χ1v) is 9.09. The Bertz CT molecular complexity index is 629. The largest absolute Gasteiger partial charge is 0.481 e. The van der Waals surface area contributed by atoms with Crippen molar-refractivity contribution in [2.75, 3.05) is 5.75 Å². The van der Waals surface area contributed by atoms with Crippen LogP contribution in [0.25, 0.3) is 0 Å². The molecule has 2 rings (SSSR count). The summed E-state index contributed by atoms with van der Waals surface area (Å²) in [5, 5.41) is 13.2. The third kappa shape index (κ3) is 4.06. The number of sulfone groups is 1. The molecule has 0 spiro atoms. The number of carboxylic acid groups (broad SMARTS) is 1. The van der Waals surface area contributed by atoms with Crippen molar-refractivity contribution in [3.8, 4) is 0 Å². The predicted molar refractivity (Wildman–Crippen MR) is 78.7 cm³/mol. The van der Waals surface area contributed by atoms with Gasteiger partial charge in [0.15, 0.2) is 9.84 Å². The van der Waals surface area contributed by atoms with Gasteiger partial charge in [-0.15, -0.1) is 0 Å². The van der Waals surface area contributed by atoms with Gasteiger partial charge in [-0.1, -0.05) is 6.92 Å². The summed E-state index contributed by atoms with van der Waals surface area (Å²) in [5.41, 5.74) is 1.05. The van der Waals surface area contributed by atoms with Crippen molar-refractivity contribution in [2.45, 2.75) is 51.8 Å². The second-order valence-electron chi connectivity index (χ2n) is 5.90. The summed E-state index contributed by atoms with van der Waals surface area (Å²) in [5.74, 6) is -1.02. The lowest BCUT2D eigenvalue weighted by atomic mass is 10.1. The summed E-state index contributed by atoms with van der Waals surface area (Å²) in [6.07, 6.45) is 2.08. The quantitative estimate of drug-likeness (QED) is 0.788. The first kappa shape index (κ1) is 16.0. The van der Waals surface area contributed by atoms with Crippen molar-refractivity contribution in [1.29, 1.82) is 0 Å². The van der Waals surface area contributed by atoms with E-state index in [1.165, 1.54) is 0 Å². The molecule has 0 atom stereocenters. The Morgan fingerprint density at radius 2 is 2.10 bits per heavy atom. The zero-order valence-electron chi connectivity index (χ0n) is 12.5. The lowest BCUT2D eigenvalue weighted by Crippen LogP contribution is -2.22. The van der Waals surface area contributed by atoms with E-state index in [4.69, 9.17) is 5.11 Å². The lowest BCUT2D eigenvalue weighted by molar-refractivity contribution is -0.138. The second kappa shape index (κ2) is 5.79. The summed E-state index contributed by atoms with van der Waals surface area (Å²) in [7, 11) is -3.33. The van der Waals surface area contributed by atoms with Gasteiger partial charge in [-0.25, -0.2) is 8.42 Å². The Balaban J connectivity index is 2.11. The van der Waals surface area contributed by atoms with Gasteiger partial charge in [-0.05, 0) is 37.7 Å². The molecule has 1 aliphatic rings. The van der Waals surface area contributed by atoms with Crippen LogP contribution >= 0.6 is 0 Å². The Morgan fingerprint density at radius 1 is 1.43 bits per heavy atom. The maximum atomic E-state index is 12.4. The number of carbonyl (C=O) groups is 1. The number of aromatic nitrogens is 2. The maximum absolute atomic E-state index is 12.4. The van der Waals surface area contributed by atoms with Crippen LogP contribution in [0.4, 0.5) is 0 Å². The Labute approximate surface area is 125 Å². The number of rotatable bonds is 8. The molecule has 0 aromatic carbocycles. The minimum absolute atomic E-state index is 0.0390. The molecular weight excluding hydrogens is 292 g/mol. The zero-order valence-corrected chi connectivity index (χ0v) is 13.3. The van der Waals surface area contributed by atoms with Crippen LogP contribution < -0.4 is 0 Å². The molecule has 0 unspecified atom stereocenters. The highest BCUT2D eigenvalue weighted by molar-refractivity contribution is 7.90. The summed E-state index contributed by atoms with van der Waals surface area (Å²) in [6.45, 7) is 4.53. The van der Waals surface area contributed by atoms with Gasteiger partial charge in [0.2, 0.25) is 0 Å². The summed E-state index contributed by atoms with van der Waals surface area (Å²) in [6, 6.07) is 1.83. The summed E-state index contributed by atoms with van der Waals surface area (Å²) >= 11 is 0. The van der Waals surface area contributed by atoms with E-state index in [9.17, 15) is 13.2 Å². The SMILES string of the molecule is CCc1cc(CS(=O)(=O)CC2(CC(=O)O)CC2)n(CC)n1. The van der Waals surface area contributed by atoms with Crippen molar-refractivity contribution in [3.63, 3.8) is 0 Å². The van der Waals surface area contributed by atoms with E-state index < -0.39 is 21.2 Å². The minimum Gasteiger partial charge on any atom is -0.481 e. The van der Waals surface area contributed by atoms with Gasteiger partial charge < -0.3 is 5.11 Å². The fourth-order valence-corrected chi connectivity index (χ4v) is 4.80. The molecule has 1 aromatic rings. The van der Waals surface area contributed by atoms with Gasteiger partial charge in [0.25, 0.3) is 0 Å². The molecule has 1 saturated carbocycles. The molecule has 118 valence electrons. The highest BCUT2D eigenvalue weighted by atomic mass is 32.2. The fourth-order valence-electron chi connectivity index (χ4n) is 2.69. The molecule has 7 heteroatoms. The molecule has 0 radical (unpaired) electrons. The summed E-state index contributed by atoms with van der Waals surface area (Å²) < 4.78 is 26.5. The molecular formula is C14H22N2O4S. The van der Waals surface area contributed by atoms with Crippen molar-refractivity contribution in [1.82, 2.24) is 9.78 Å². The van der Waals surface area contributed by atoms with E-state index in [1.807, 2.05) is 19.9 Å². The molecule has 1 fully saturated rings. The second-order valence-corrected chi connectivity index (χ2v) is 7.96. The molecule has 0 bridgehead atoms. The molecule has 1 heterocycles. The van der Waals surface area contributed by atoms with Crippen molar-refractivity contribution in [2.24, 2.45) is 5.41 Å². The van der Waals surface area contributed by atoms with Crippen molar-refractivity contribution < 1.29 is 18.3 Å². The van der Waals surface area contributed by atoms with Gasteiger partial charge in [0, 0.05) is 6.54 Å². The van der Waals surface area contributed by atoms with Crippen LogP contribution in [0, 0.1) is 5.41 Å². The highest BCUT2D eigenvalue weighted by Gasteiger charge is 2.47. The standard InChI is InChI=1S/C14H22N2O4S/c1-3-11-7-12(16(4-2)15-11)9-21(19,20)10-14(5-6-14)8-13(17)18/h7H,3-6,8-10H2,1-2H3,(H,17,18). The molecule has 1 aromatic heterocycles. The van der Waals surface area contributed by atoms with Crippen LogP contribution in [0.15, 0.2) is 6.07 Å². The molecule has 0 amide bonds. The number of aliphatic carboxylic acids is 1. The Kier molecular flexibility index (Phi) is 4.41. The van der Waals surface area contributed by atoms with Gasteiger partial charge >= 0.3 is 5.97 Å². The number of hydrogen-bond acceptors (Lipinski definition) is 4. The van der Waals surface area contributed by atoms with Gasteiger partial charge in [0.05, 0.1) is 29.3 Å². The van der Waals surface area contributed by atoms with E-state index in [0.717, 1.165) is 12.1 Å². The number of nitrogens with zero attached hydrogens (tertiary/aromatic N) is 2. The van der Waals surface area contributed by atoms with Gasteiger partial charge in [-0.3, -0.25) is 9.48 Å². The minimum atomic E-state index is -3.33.